The summed E-state index contributed by atoms with van der Waals surface area (Å²) in [6.45, 7) is 5.54. The molecule has 118 valence electrons. The maximum absolute atomic E-state index is 12.2. The summed E-state index contributed by atoms with van der Waals surface area (Å²) in [6, 6.07) is 15.0. The van der Waals surface area contributed by atoms with E-state index in [1.54, 1.807) is 25.1 Å². The van der Waals surface area contributed by atoms with Crippen LogP contribution in [0.2, 0.25) is 0 Å². The molecule has 0 spiro atoms. The molecule has 0 aromatic heterocycles. The predicted octanol–water partition coefficient (Wildman–Crippen LogP) is 4.13. The van der Waals surface area contributed by atoms with Crippen molar-refractivity contribution in [3.63, 3.8) is 0 Å². The number of rotatable bonds is 5. The van der Waals surface area contributed by atoms with Crippen LogP contribution in [-0.2, 0) is 9.53 Å². The van der Waals surface area contributed by atoms with Crippen LogP contribution >= 0.6 is 0 Å². The van der Waals surface area contributed by atoms with Gasteiger partial charge in [-0.05, 0) is 32.4 Å². The third-order valence-electron chi connectivity index (χ3n) is 3.49. The Morgan fingerprint density at radius 3 is 2.00 bits per heavy atom. The number of aryl methyl sites for hydroxylation is 2. The number of carbonyl (C=O) groups is 2. The van der Waals surface area contributed by atoms with Crippen molar-refractivity contribution < 1.29 is 14.3 Å². The Labute approximate surface area is 136 Å². The number of benzene rings is 2. The first kappa shape index (κ1) is 16.7. The first-order valence-corrected chi connectivity index (χ1v) is 7.52. The molecule has 0 aliphatic rings. The Morgan fingerprint density at radius 2 is 1.43 bits per heavy atom. The van der Waals surface area contributed by atoms with E-state index in [9.17, 15) is 9.59 Å². The smallest absolute Gasteiger partial charge is 0.331 e. The minimum absolute atomic E-state index is 0.206. The van der Waals surface area contributed by atoms with Gasteiger partial charge in [-0.15, -0.1) is 0 Å². The Morgan fingerprint density at radius 1 is 0.913 bits per heavy atom. The van der Waals surface area contributed by atoms with Gasteiger partial charge in [-0.2, -0.15) is 0 Å². The fourth-order valence-electron chi connectivity index (χ4n) is 2.06. The van der Waals surface area contributed by atoms with Crippen LogP contribution in [0.15, 0.2) is 54.6 Å². The first-order valence-electron chi connectivity index (χ1n) is 7.52. The van der Waals surface area contributed by atoms with Crippen LogP contribution in [0.5, 0.6) is 0 Å². The largest absolute Gasteiger partial charge is 0.451 e. The summed E-state index contributed by atoms with van der Waals surface area (Å²) < 4.78 is 5.17. The van der Waals surface area contributed by atoms with Crippen molar-refractivity contribution in [3.8, 4) is 0 Å². The van der Waals surface area contributed by atoms with Gasteiger partial charge in [-0.1, -0.05) is 59.7 Å². The highest BCUT2D eigenvalue weighted by Crippen LogP contribution is 2.10. The van der Waals surface area contributed by atoms with Crippen molar-refractivity contribution in [2.24, 2.45) is 0 Å². The Kier molecular flexibility index (Phi) is 5.47. The Hall–Kier alpha value is -2.68. The quantitative estimate of drug-likeness (QED) is 0.474. The summed E-state index contributed by atoms with van der Waals surface area (Å²) in [7, 11) is 0. The summed E-state index contributed by atoms with van der Waals surface area (Å²) >= 11 is 0. The maximum Gasteiger partial charge on any atom is 0.331 e. The van der Waals surface area contributed by atoms with E-state index >= 15 is 0 Å². The summed E-state index contributed by atoms with van der Waals surface area (Å²) in [4.78, 5) is 24.0. The first-order chi connectivity index (χ1) is 11.0. The molecule has 0 bridgehead atoms. The highest BCUT2D eigenvalue weighted by atomic mass is 16.5. The van der Waals surface area contributed by atoms with Crippen molar-refractivity contribution in [1.29, 1.82) is 0 Å². The molecule has 0 aliphatic heterocycles. The van der Waals surface area contributed by atoms with Crippen molar-refractivity contribution in [2.75, 3.05) is 0 Å². The van der Waals surface area contributed by atoms with Crippen LogP contribution in [0.25, 0.3) is 6.08 Å². The maximum atomic E-state index is 12.2. The van der Waals surface area contributed by atoms with E-state index in [1.165, 1.54) is 6.08 Å². The molecule has 3 nitrogen and oxygen atoms in total. The fraction of sp³-hybridized carbons (Fsp3) is 0.200. The number of hydrogen-bond donors (Lipinski definition) is 0. The number of ketones is 1. The molecule has 2 aromatic rings. The van der Waals surface area contributed by atoms with E-state index in [2.05, 4.69) is 0 Å². The molecule has 0 radical (unpaired) electrons. The lowest BCUT2D eigenvalue weighted by Crippen LogP contribution is -2.23. The van der Waals surface area contributed by atoms with Crippen LogP contribution in [0.4, 0.5) is 0 Å². The molecule has 0 aliphatic carbocycles. The normalized spacial score (nSPS) is 12.1. The van der Waals surface area contributed by atoms with Gasteiger partial charge >= 0.3 is 5.97 Å². The van der Waals surface area contributed by atoms with Crippen molar-refractivity contribution in [1.82, 2.24) is 0 Å². The molecule has 3 heteroatoms. The van der Waals surface area contributed by atoms with Crippen molar-refractivity contribution in [3.05, 3.63) is 76.9 Å². The third kappa shape index (κ3) is 4.92. The van der Waals surface area contributed by atoms with E-state index < -0.39 is 12.1 Å². The molecule has 0 saturated carbocycles. The van der Waals surface area contributed by atoms with E-state index in [0.29, 0.717) is 5.56 Å². The average molecular weight is 308 g/mol. The zero-order valence-electron chi connectivity index (χ0n) is 13.6. The van der Waals surface area contributed by atoms with E-state index in [-0.39, 0.29) is 5.78 Å². The molecular formula is C20H20O3. The second kappa shape index (κ2) is 7.54. The number of ether oxygens (including phenoxy) is 1. The highest BCUT2D eigenvalue weighted by Gasteiger charge is 2.18. The topological polar surface area (TPSA) is 43.4 Å². The zero-order chi connectivity index (χ0) is 16.8. The van der Waals surface area contributed by atoms with Gasteiger partial charge in [0, 0.05) is 11.6 Å². The monoisotopic (exact) mass is 308 g/mol. The van der Waals surface area contributed by atoms with Crippen molar-refractivity contribution in [2.45, 2.75) is 26.9 Å². The predicted molar refractivity (Wildman–Crippen MR) is 91.3 cm³/mol. The fourth-order valence-corrected chi connectivity index (χ4v) is 2.06. The minimum atomic E-state index is -0.812. The number of hydrogen-bond acceptors (Lipinski definition) is 3. The van der Waals surface area contributed by atoms with Gasteiger partial charge in [-0.25, -0.2) is 4.79 Å². The molecule has 0 fully saturated rings. The molecule has 2 rings (SSSR count). The van der Waals surface area contributed by atoms with Gasteiger partial charge in [0.05, 0.1) is 0 Å². The van der Waals surface area contributed by atoms with Crippen LogP contribution < -0.4 is 0 Å². The molecule has 2 aromatic carbocycles. The van der Waals surface area contributed by atoms with Crippen LogP contribution in [-0.4, -0.2) is 17.9 Å². The van der Waals surface area contributed by atoms with E-state index in [0.717, 1.165) is 16.7 Å². The Bertz CT molecular complexity index is 710. The molecule has 0 heterocycles. The van der Waals surface area contributed by atoms with Gasteiger partial charge in [0.1, 0.15) is 0 Å². The van der Waals surface area contributed by atoms with Gasteiger partial charge < -0.3 is 4.74 Å². The molecule has 0 N–H and O–H groups in total. The van der Waals surface area contributed by atoms with Gasteiger partial charge in [-0.3, -0.25) is 4.79 Å². The molecule has 23 heavy (non-hydrogen) atoms. The minimum Gasteiger partial charge on any atom is -0.451 e. The lowest BCUT2D eigenvalue weighted by Gasteiger charge is -2.11. The Balaban J connectivity index is 1.95. The van der Waals surface area contributed by atoms with Gasteiger partial charge in [0.25, 0.3) is 0 Å². The standard InChI is InChI=1S/C20H20O3/c1-14-4-8-17(9-5-14)10-13-19(21)23-16(3)20(22)18-11-6-15(2)7-12-18/h4-13,16H,1-3H3/b13-10+/t16-/m0/s1. The van der Waals surface area contributed by atoms with Crippen molar-refractivity contribution >= 4 is 17.8 Å². The molecule has 0 saturated heterocycles. The molecule has 0 amide bonds. The van der Waals surface area contributed by atoms with Gasteiger partial charge in [0.15, 0.2) is 6.10 Å². The summed E-state index contributed by atoms with van der Waals surface area (Å²) in [5.74, 6) is -0.736. The second-order valence-corrected chi connectivity index (χ2v) is 5.55. The third-order valence-corrected chi connectivity index (χ3v) is 3.49. The zero-order valence-corrected chi connectivity index (χ0v) is 13.6. The average Bonchev–Trinajstić information content (AvgIpc) is 2.54. The van der Waals surface area contributed by atoms with Crippen LogP contribution in [0, 0.1) is 13.8 Å². The highest BCUT2D eigenvalue weighted by molar-refractivity contribution is 6.01. The molecular weight excluding hydrogens is 288 g/mol. The van der Waals surface area contributed by atoms with E-state index in [1.807, 2.05) is 50.2 Å². The van der Waals surface area contributed by atoms with Crippen LogP contribution in [0.1, 0.15) is 34.0 Å². The molecule has 0 unspecified atom stereocenters. The number of carbonyl (C=O) groups excluding carboxylic acids is 2. The van der Waals surface area contributed by atoms with Crippen LogP contribution in [0.3, 0.4) is 0 Å². The summed E-state index contributed by atoms with van der Waals surface area (Å²) in [6.07, 6.45) is 2.20. The number of Topliss-reactive ketones (excluding diaryl/α,β-unsaturated/α-hetero) is 1. The second-order valence-electron chi connectivity index (χ2n) is 5.55. The van der Waals surface area contributed by atoms with Gasteiger partial charge in [0.2, 0.25) is 5.78 Å². The summed E-state index contributed by atoms with van der Waals surface area (Å²) in [5, 5.41) is 0. The van der Waals surface area contributed by atoms with E-state index in [4.69, 9.17) is 4.74 Å². The lowest BCUT2D eigenvalue weighted by atomic mass is 10.1. The number of esters is 1. The SMILES string of the molecule is Cc1ccc(/C=C/C(=O)O[C@@H](C)C(=O)c2ccc(C)cc2)cc1. The summed E-state index contributed by atoms with van der Waals surface area (Å²) in [5.41, 5.74) is 3.68. The molecule has 1 atom stereocenters. The lowest BCUT2D eigenvalue weighted by molar-refractivity contribution is -0.140.